The van der Waals surface area contributed by atoms with E-state index in [-0.39, 0.29) is 4.25 Å². The van der Waals surface area contributed by atoms with Crippen LogP contribution in [0.25, 0.3) is 0 Å². The van der Waals surface area contributed by atoms with Crippen molar-refractivity contribution in [3.63, 3.8) is 0 Å². The molecule has 3 rings (SSSR count). The van der Waals surface area contributed by atoms with E-state index in [0.717, 1.165) is 16.3 Å². The Morgan fingerprint density at radius 1 is 0.769 bits per heavy atom. The van der Waals surface area contributed by atoms with E-state index < -0.39 is 22.5 Å². The third-order valence-corrected chi connectivity index (χ3v) is 15.9. The molecule has 0 aromatic heterocycles. The summed E-state index contributed by atoms with van der Waals surface area (Å²) in [5.41, 5.74) is 10.1. The minimum absolute atomic E-state index is 0.0419. The molecule has 1 nitrogen and oxygen atoms in total. The van der Waals surface area contributed by atoms with Crippen LogP contribution in [0.3, 0.4) is 0 Å². The van der Waals surface area contributed by atoms with E-state index in [1.807, 2.05) is 0 Å². The number of hydrogen-bond acceptors (Lipinski definition) is 1. The summed E-state index contributed by atoms with van der Waals surface area (Å²) >= 11 is -2.37. The second-order valence-corrected chi connectivity index (χ2v) is 20.7. The zero-order valence-electron chi connectivity index (χ0n) is 26.3. The number of rotatable bonds is 8. The van der Waals surface area contributed by atoms with Crippen molar-refractivity contribution in [3.05, 3.63) is 100 Å². The normalized spacial score (nSPS) is 13.7. The molecule has 3 heteroatoms. The van der Waals surface area contributed by atoms with Gasteiger partial charge in [0.1, 0.15) is 0 Å². The molecular weight excluding hydrogens is 550 g/mol. The summed E-state index contributed by atoms with van der Waals surface area (Å²) in [7, 11) is -1.36. The fraction of sp³-hybridized carbons (Fsp3) is 0.444. The van der Waals surface area contributed by atoms with Crippen LogP contribution in [0.2, 0.25) is 4.25 Å². The van der Waals surface area contributed by atoms with E-state index in [9.17, 15) is 6.66 Å². The van der Waals surface area contributed by atoms with Gasteiger partial charge in [0.2, 0.25) is 0 Å². The molecule has 3 aromatic carbocycles. The number of hydrogen-bond donors (Lipinski definition) is 0. The summed E-state index contributed by atoms with van der Waals surface area (Å²) < 4.78 is 7.43. The Morgan fingerprint density at radius 3 is 1.67 bits per heavy atom. The molecule has 0 aliphatic carbocycles. The van der Waals surface area contributed by atoms with Crippen LogP contribution in [-0.4, -0.2) is 20.0 Å². The topological polar surface area (TPSA) is 12.4 Å². The first kappa shape index (κ1) is 31.8. The van der Waals surface area contributed by atoms with E-state index >= 15 is 0 Å². The average molecular weight is 598 g/mol. The molecule has 0 saturated carbocycles. The van der Waals surface area contributed by atoms with Crippen molar-refractivity contribution in [3.8, 4) is 0 Å². The average Bonchev–Trinajstić information content (AvgIpc) is 2.82. The molecule has 0 aliphatic heterocycles. The molecular formula is C36H48GeNP-. The summed E-state index contributed by atoms with van der Waals surface area (Å²) in [5, 5.41) is 1.16. The maximum absolute atomic E-state index is 9.75. The van der Waals surface area contributed by atoms with Gasteiger partial charge in [-0.2, -0.15) is 0 Å². The summed E-state index contributed by atoms with van der Waals surface area (Å²) in [6.45, 7) is 37.3. The number of nitrogens with zero attached hydrogens (tertiary/aromatic N) is 1. The Hall–Kier alpha value is -1.70. The third-order valence-electron chi connectivity index (χ3n) is 7.40. The molecule has 0 fully saturated rings. The van der Waals surface area contributed by atoms with Crippen LogP contribution in [0.15, 0.2) is 58.5 Å². The van der Waals surface area contributed by atoms with Crippen LogP contribution in [0.1, 0.15) is 119 Å². The minimum atomic E-state index is -2.37. The molecule has 0 saturated heterocycles. The Morgan fingerprint density at radius 2 is 1.26 bits per heavy atom. The zero-order chi connectivity index (χ0) is 29.2. The van der Waals surface area contributed by atoms with E-state index in [1.54, 1.807) is 0 Å². The van der Waals surface area contributed by atoms with E-state index in [1.165, 1.54) is 37.8 Å². The molecule has 207 valence electrons. The quantitative estimate of drug-likeness (QED) is 0.106. The Labute approximate surface area is 246 Å². The summed E-state index contributed by atoms with van der Waals surface area (Å²) in [5.74, 6) is 1.34. The van der Waals surface area contributed by atoms with Gasteiger partial charge in [0.15, 0.2) is 0 Å². The van der Waals surface area contributed by atoms with Gasteiger partial charge in [-0.25, -0.2) is 0 Å². The van der Waals surface area contributed by atoms with Crippen LogP contribution in [0.4, 0.5) is 0 Å². The van der Waals surface area contributed by atoms with Crippen LogP contribution in [-0.2, 0) is 0 Å². The predicted octanol–water partition coefficient (Wildman–Crippen LogP) is 9.78. The first-order chi connectivity index (χ1) is 18.1. The second-order valence-electron chi connectivity index (χ2n) is 13.0. The molecule has 3 aromatic rings. The van der Waals surface area contributed by atoms with Crippen molar-refractivity contribution in [1.82, 2.24) is 0 Å². The van der Waals surface area contributed by atoms with E-state index in [4.69, 9.17) is 3.95 Å². The molecule has 39 heavy (non-hydrogen) atoms. The van der Waals surface area contributed by atoms with Crippen LogP contribution >= 0.6 is 7.92 Å². The van der Waals surface area contributed by atoms with Gasteiger partial charge in [0, 0.05) is 0 Å². The molecule has 0 N–H and O–H groups in total. The van der Waals surface area contributed by atoms with Crippen molar-refractivity contribution in [2.75, 3.05) is 0 Å². The predicted molar refractivity (Wildman–Crippen MR) is 177 cm³/mol. The molecule has 0 amide bonds. The summed E-state index contributed by atoms with van der Waals surface area (Å²) in [4.78, 5) is 0. The molecule has 0 spiro atoms. The van der Waals surface area contributed by atoms with Gasteiger partial charge < -0.3 is 0 Å². The summed E-state index contributed by atoms with van der Waals surface area (Å²) in [6, 6.07) is 20.0. The zero-order valence-corrected chi connectivity index (χ0v) is 29.3. The van der Waals surface area contributed by atoms with Gasteiger partial charge in [-0.05, 0) is 0 Å². The first-order valence-electron chi connectivity index (χ1n) is 14.4. The van der Waals surface area contributed by atoms with Gasteiger partial charge in [-0.3, -0.25) is 0 Å². The standard InChI is InChI=1S/C36H48GeNP/c1-23(2)30-21-31(24(3)4)33(32(22-30)25(5)6)37(36(10,11)12)38-35(29-17-15-14-16-18-29)39(13)34-27(8)19-26(7)20-28(34)9/h14-25H,1-12H3/q-1/b38-35-. The van der Waals surface area contributed by atoms with E-state index in [0.29, 0.717) is 17.8 Å². The fourth-order valence-electron chi connectivity index (χ4n) is 5.40. The van der Waals surface area contributed by atoms with Gasteiger partial charge in [-0.15, -0.1) is 0 Å². The molecule has 1 unspecified atom stereocenters. The molecule has 1 atom stereocenters. The van der Waals surface area contributed by atoms with Gasteiger partial charge in [0.05, 0.1) is 0 Å². The number of benzene rings is 3. The van der Waals surface area contributed by atoms with Crippen LogP contribution < -0.4 is 9.70 Å². The number of aryl methyl sites for hydroxylation is 3. The second kappa shape index (κ2) is 12.9. The van der Waals surface area contributed by atoms with Crippen molar-refractivity contribution < 1.29 is 0 Å². The Balaban J connectivity index is 2.41. The van der Waals surface area contributed by atoms with Crippen molar-refractivity contribution in [2.45, 2.75) is 105 Å². The van der Waals surface area contributed by atoms with Crippen molar-refractivity contribution in [2.24, 2.45) is 3.95 Å². The maximum atomic E-state index is 9.75. The molecule has 0 aliphatic rings. The molecule has 0 bridgehead atoms. The third kappa shape index (κ3) is 7.34. The van der Waals surface area contributed by atoms with E-state index in [2.05, 4.69) is 138 Å². The Kier molecular flexibility index (Phi) is 10.5. The summed E-state index contributed by atoms with van der Waals surface area (Å²) in [6.07, 6.45) is 0. The van der Waals surface area contributed by atoms with Crippen LogP contribution in [0.5, 0.6) is 0 Å². The first-order valence-corrected chi connectivity index (χ1v) is 18.8. The van der Waals surface area contributed by atoms with Gasteiger partial charge in [0.25, 0.3) is 0 Å². The van der Waals surface area contributed by atoms with Crippen molar-refractivity contribution in [1.29, 1.82) is 0 Å². The fourth-order valence-corrected chi connectivity index (χ4v) is 14.0. The van der Waals surface area contributed by atoms with Crippen molar-refractivity contribution >= 4 is 37.6 Å². The monoisotopic (exact) mass is 599 g/mol. The Bertz CT molecular complexity index is 1260. The van der Waals surface area contributed by atoms with Gasteiger partial charge in [-0.1, -0.05) is 0 Å². The van der Waals surface area contributed by atoms with Crippen LogP contribution in [0, 0.1) is 27.4 Å². The molecule has 3 radical (unpaired) electrons. The SMILES string of the molecule is [C-]P(/C(=[N]\[Ge]([c]1c(C(C)C)cc(C(C)C)cc1C(C)C)[C](C)(C)C)c1ccccc1)c1c(C)cc(C)cc1C. The van der Waals surface area contributed by atoms with Gasteiger partial charge >= 0.3 is 247 Å². The molecule has 0 heterocycles.